The van der Waals surface area contributed by atoms with E-state index in [0.29, 0.717) is 19.6 Å². The summed E-state index contributed by atoms with van der Waals surface area (Å²) < 4.78 is 0. The first kappa shape index (κ1) is 37.3. The first-order chi connectivity index (χ1) is 18.4. The molecule has 0 saturated carbocycles. The molecule has 0 saturated heterocycles. The fourth-order valence-corrected chi connectivity index (χ4v) is 6.03. The molecular weight excluding hydrogens is 535 g/mol. The zero-order valence-corrected chi connectivity index (χ0v) is 26.1. The summed E-state index contributed by atoms with van der Waals surface area (Å²) in [6, 6.07) is 0. The van der Waals surface area contributed by atoms with Gasteiger partial charge in [0, 0.05) is 0 Å². The van der Waals surface area contributed by atoms with Gasteiger partial charge in [-0.15, -0.1) is 0 Å². The Morgan fingerprint density at radius 1 is 0.684 bits per heavy atom. The van der Waals surface area contributed by atoms with Crippen LogP contribution in [0.3, 0.4) is 0 Å². The van der Waals surface area contributed by atoms with Gasteiger partial charge in [0.2, 0.25) is 0 Å². The summed E-state index contributed by atoms with van der Waals surface area (Å²) in [4.78, 5) is 52.0. The molecule has 0 N–H and O–H groups in total. The van der Waals surface area contributed by atoms with Gasteiger partial charge in [-0.25, -0.2) is 0 Å². The van der Waals surface area contributed by atoms with E-state index in [4.69, 9.17) is 0 Å². The molecule has 0 bridgehead atoms. The van der Waals surface area contributed by atoms with E-state index in [9.17, 15) is 14.4 Å². The van der Waals surface area contributed by atoms with Crippen LogP contribution in [0.1, 0.15) is 45.4 Å². The van der Waals surface area contributed by atoms with Crippen LogP contribution in [0, 0.1) is 5.92 Å². The molecule has 0 aliphatic carbocycles. The molecule has 8 nitrogen and oxygen atoms in total. The van der Waals surface area contributed by atoms with Gasteiger partial charge in [0.1, 0.15) is 0 Å². The molecule has 0 rings (SSSR count). The number of hydrogen-bond acceptors (Lipinski definition) is 9. The van der Waals surface area contributed by atoms with E-state index in [0.717, 1.165) is 73.8 Å². The topological polar surface area (TPSA) is 94.8 Å². The van der Waals surface area contributed by atoms with Crippen molar-refractivity contribution in [3.05, 3.63) is 0 Å². The molecule has 0 aromatic heterocycles. The number of Topliss-reactive ketones (excluding diaryl/α,β-unsaturated/α-hetero) is 1. The number of thioether (sulfide) groups is 3. The van der Waals surface area contributed by atoms with Gasteiger partial charge in [0.05, 0.1) is 0 Å². The van der Waals surface area contributed by atoms with E-state index in [1.807, 2.05) is 27.8 Å². The maximum absolute atomic E-state index is 12.5. The van der Waals surface area contributed by atoms with Crippen LogP contribution in [0.5, 0.6) is 0 Å². The van der Waals surface area contributed by atoms with Crippen molar-refractivity contribution >= 4 is 75.8 Å². The summed E-state index contributed by atoms with van der Waals surface area (Å²) in [5.74, 6) is 4.86. The quantitative estimate of drug-likeness (QED) is 0.109. The second-order valence-electron chi connectivity index (χ2n) is 8.93. The molecule has 2 amide bonds. The van der Waals surface area contributed by atoms with Crippen LogP contribution in [0.25, 0.3) is 0 Å². The SMILES string of the molecule is B=NCC(=O)C(CCCC)CCCSCCN(CCCSCCN(CCSC)C(=O)CN=B)C(=O)CN=B. The Kier molecular flexibility index (Phi) is 26.0. The van der Waals surface area contributed by atoms with Crippen molar-refractivity contribution in [1.82, 2.24) is 9.80 Å². The summed E-state index contributed by atoms with van der Waals surface area (Å²) in [7, 11) is 10.3. The maximum atomic E-state index is 12.5. The average molecular weight is 581 g/mol. The molecule has 1 unspecified atom stereocenters. The summed E-state index contributed by atoms with van der Waals surface area (Å²) in [5, 5.41) is 0. The summed E-state index contributed by atoms with van der Waals surface area (Å²) in [5.41, 5.74) is 0. The van der Waals surface area contributed by atoms with E-state index in [2.05, 4.69) is 44.5 Å². The van der Waals surface area contributed by atoms with Gasteiger partial charge >= 0.3 is 247 Å². The number of amides is 2. The van der Waals surface area contributed by atoms with Crippen LogP contribution >= 0.6 is 35.3 Å². The molecule has 0 aliphatic rings. The monoisotopic (exact) mass is 581 g/mol. The number of nitrogens with zero attached hydrogens (tertiary/aromatic N) is 5. The van der Waals surface area contributed by atoms with Crippen molar-refractivity contribution in [1.29, 1.82) is 0 Å². The molecule has 0 aliphatic heterocycles. The minimum absolute atomic E-state index is 0.0125. The summed E-state index contributed by atoms with van der Waals surface area (Å²) in [6.07, 6.45) is 7.89. The molecule has 0 spiro atoms. The number of carbonyl (C=O) groups excluding carboxylic acids is 3. The van der Waals surface area contributed by atoms with Gasteiger partial charge in [0.25, 0.3) is 0 Å². The predicted molar refractivity (Wildman–Crippen MR) is 171 cm³/mol. The van der Waals surface area contributed by atoms with Crippen LogP contribution in [0.4, 0.5) is 0 Å². The molecule has 1 atom stereocenters. The van der Waals surface area contributed by atoms with Crippen molar-refractivity contribution in [2.45, 2.75) is 45.4 Å². The number of unbranched alkanes of at least 4 members (excludes halogenated alkanes) is 1. The molecule has 38 heavy (non-hydrogen) atoms. The Morgan fingerprint density at radius 2 is 1.18 bits per heavy atom. The number of ketones is 1. The van der Waals surface area contributed by atoms with Crippen LogP contribution in [0.2, 0.25) is 0 Å². The Hall–Kier alpha value is -0.745. The Bertz CT molecular complexity index is 664. The fraction of sp³-hybridized carbons (Fsp3) is 0.875. The first-order valence-corrected chi connectivity index (χ1v) is 17.1. The van der Waals surface area contributed by atoms with Crippen LogP contribution < -0.4 is 0 Å². The molecule has 0 aromatic carbocycles. The second kappa shape index (κ2) is 26.5. The predicted octanol–water partition coefficient (Wildman–Crippen LogP) is 2.27. The molecule has 212 valence electrons. The molecule has 0 heterocycles. The number of hydrogen-bond donors (Lipinski definition) is 0. The van der Waals surface area contributed by atoms with Crippen LogP contribution in [-0.4, -0.2) is 131 Å². The van der Waals surface area contributed by atoms with E-state index < -0.39 is 0 Å². The van der Waals surface area contributed by atoms with Crippen LogP contribution in [0.15, 0.2) is 14.7 Å². The molecule has 0 radical (unpaired) electrons. The number of rotatable bonds is 27. The Balaban J connectivity index is 4.37. The van der Waals surface area contributed by atoms with E-state index in [-0.39, 0.29) is 43.1 Å². The van der Waals surface area contributed by atoms with Gasteiger partial charge in [0.15, 0.2) is 0 Å². The van der Waals surface area contributed by atoms with Gasteiger partial charge in [-0.3, -0.25) is 0 Å². The van der Waals surface area contributed by atoms with E-state index in [1.54, 1.807) is 23.5 Å². The van der Waals surface area contributed by atoms with E-state index >= 15 is 0 Å². The van der Waals surface area contributed by atoms with Crippen molar-refractivity contribution in [2.75, 3.05) is 80.8 Å². The standard InChI is InChI=1S/C24H46B3N5O3S3/c1-3-4-7-21(22(33)18-28-25)8-5-13-37-16-11-31(23(34)19-29-26)9-6-14-38-17-12-32(10-15-36-2)24(35)20-30-27/h21,25-27H,3-20H2,1-2H3. The first-order valence-electron chi connectivity index (χ1n) is 13.4. The average Bonchev–Trinajstić information content (AvgIpc) is 2.90. The third-order valence-corrected chi connectivity index (χ3v) is 8.65. The summed E-state index contributed by atoms with van der Waals surface area (Å²) in [6.45, 7) is 5.42. The normalized spacial score (nSPS) is 11.4. The third-order valence-electron chi connectivity index (χ3n) is 5.96. The van der Waals surface area contributed by atoms with Gasteiger partial charge in [-0.1, -0.05) is 0 Å². The zero-order valence-electron chi connectivity index (χ0n) is 23.6. The van der Waals surface area contributed by atoms with Gasteiger partial charge in [-0.05, 0) is 0 Å². The van der Waals surface area contributed by atoms with Crippen molar-refractivity contribution in [3.63, 3.8) is 0 Å². The van der Waals surface area contributed by atoms with Crippen molar-refractivity contribution < 1.29 is 14.4 Å². The second-order valence-corrected chi connectivity index (χ2v) is 12.4. The minimum atomic E-state index is 0.0125. The van der Waals surface area contributed by atoms with Crippen molar-refractivity contribution in [2.24, 2.45) is 20.6 Å². The summed E-state index contributed by atoms with van der Waals surface area (Å²) >= 11 is 5.35. The van der Waals surface area contributed by atoms with Gasteiger partial charge in [-0.2, -0.15) is 0 Å². The van der Waals surface area contributed by atoms with Crippen molar-refractivity contribution in [3.8, 4) is 0 Å². The Morgan fingerprint density at radius 3 is 1.71 bits per heavy atom. The fourth-order valence-electron chi connectivity index (χ4n) is 3.81. The zero-order chi connectivity index (χ0) is 28.4. The van der Waals surface area contributed by atoms with E-state index in [1.165, 1.54) is 0 Å². The molecular formula is C24H46B3N5O3S3. The number of carbonyl (C=O) groups is 3. The Labute approximate surface area is 246 Å². The third kappa shape index (κ3) is 19.3. The van der Waals surface area contributed by atoms with Gasteiger partial charge < -0.3 is 0 Å². The molecule has 0 aromatic rings. The molecule has 0 fully saturated rings. The van der Waals surface area contributed by atoms with Crippen LogP contribution in [-0.2, 0) is 14.4 Å². The molecule has 14 heteroatoms.